The zero-order valence-corrected chi connectivity index (χ0v) is 10.6. The molecular weight excluding hydrogens is 236 g/mol. The Hall–Kier alpha value is -1.59. The highest BCUT2D eigenvalue weighted by Crippen LogP contribution is 2.24. The predicted molar refractivity (Wildman–Crippen MR) is 64.1 cm³/mol. The molecule has 0 aromatic heterocycles. The summed E-state index contributed by atoms with van der Waals surface area (Å²) in [7, 11) is 0. The maximum absolute atomic E-state index is 12.2. The predicted octanol–water partition coefficient (Wildman–Crippen LogP) is 0.863. The van der Waals surface area contributed by atoms with Gasteiger partial charge in [0, 0.05) is 19.0 Å². The fourth-order valence-corrected chi connectivity index (χ4v) is 2.56. The first kappa shape index (κ1) is 12.9. The Morgan fingerprint density at radius 1 is 1.44 bits per heavy atom. The number of amides is 1. The first-order valence-electron chi connectivity index (χ1n) is 6.25. The van der Waals surface area contributed by atoms with Gasteiger partial charge in [0.05, 0.1) is 0 Å². The zero-order chi connectivity index (χ0) is 13.3. The molecule has 0 radical (unpaired) electrons. The molecule has 0 aromatic carbocycles. The Bertz CT molecular complexity index is 394. The van der Waals surface area contributed by atoms with Gasteiger partial charge < -0.3 is 14.8 Å². The highest BCUT2D eigenvalue weighted by Gasteiger charge is 2.37. The number of piperidine rings is 1. The van der Waals surface area contributed by atoms with Crippen LogP contribution in [0.2, 0.25) is 0 Å². The van der Waals surface area contributed by atoms with Crippen molar-refractivity contribution in [2.24, 2.45) is 11.1 Å². The van der Waals surface area contributed by atoms with Crippen molar-refractivity contribution in [1.29, 1.82) is 0 Å². The molecule has 1 fully saturated rings. The molecule has 2 aliphatic heterocycles. The van der Waals surface area contributed by atoms with Crippen LogP contribution in [-0.4, -0.2) is 46.3 Å². The first-order chi connectivity index (χ1) is 8.49. The van der Waals surface area contributed by atoms with Crippen molar-refractivity contribution in [2.45, 2.75) is 45.3 Å². The molecule has 6 heteroatoms. The number of oxime groups is 1. The van der Waals surface area contributed by atoms with Gasteiger partial charge >= 0.3 is 5.97 Å². The SMILES string of the molecule is CC1CCN(C(=O)C2CC(C(=O)O)=NO2)C(C)C1. The van der Waals surface area contributed by atoms with E-state index in [1.54, 1.807) is 4.90 Å². The molecule has 1 N–H and O–H groups in total. The van der Waals surface area contributed by atoms with Gasteiger partial charge in [0.2, 0.25) is 6.10 Å². The number of hydrogen-bond acceptors (Lipinski definition) is 4. The minimum absolute atomic E-state index is 0.0624. The zero-order valence-electron chi connectivity index (χ0n) is 10.6. The molecule has 100 valence electrons. The molecule has 0 bridgehead atoms. The molecule has 2 rings (SSSR count). The van der Waals surface area contributed by atoms with Crippen molar-refractivity contribution >= 4 is 17.6 Å². The van der Waals surface area contributed by atoms with Crippen LogP contribution in [-0.2, 0) is 14.4 Å². The summed E-state index contributed by atoms with van der Waals surface area (Å²) >= 11 is 0. The standard InChI is InChI=1S/C12H18N2O4/c1-7-3-4-14(8(2)5-7)11(15)10-6-9(12(16)17)13-18-10/h7-8,10H,3-6H2,1-2H3,(H,16,17). The molecule has 3 unspecified atom stereocenters. The average Bonchev–Trinajstić information content (AvgIpc) is 2.77. The van der Waals surface area contributed by atoms with Crippen molar-refractivity contribution in [3.63, 3.8) is 0 Å². The van der Waals surface area contributed by atoms with Gasteiger partial charge in [0.15, 0.2) is 5.71 Å². The van der Waals surface area contributed by atoms with Crippen LogP contribution in [0.3, 0.4) is 0 Å². The van der Waals surface area contributed by atoms with E-state index in [1.807, 2.05) is 6.92 Å². The van der Waals surface area contributed by atoms with E-state index >= 15 is 0 Å². The number of carboxylic acid groups (broad SMARTS) is 1. The topological polar surface area (TPSA) is 79.2 Å². The molecule has 1 saturated heterocycles. The summed E-state index contributed by atoms with van der Waals surface area (Å²) in [5, 5.41) is 12.2. The monoisotopic (exact) mass is 254 g/mol. The third-order valence-corrected chi connectivity index (χ3v) is 3.61. The summed E-state index contributed by atoms with van der Waals surface area (Å²) in [4.78, 5) is 29.7. The summed E-state index contributed by atoms with van der Waals surface area (Å²) in [6.07, 6.45) is 1.26. The lowest BCUT2D eigenvalue weighted by atomic mass is 9.93. The minimum Gasteiger partial charge on any atom is -0.477 e. The van der Waals surface area contributed by atoms with Crippen LogP contribution < -0.4 is 0 Å². The lowest BCUT2D eigenvalue weighted by molar-refractivity contribution is -0.146. The lowest BCUT2D eigenvalue weighted by Gasteiger charge is -2.37. The normalized spacial score (nSPS) is 31.8. The van der Waals surface area contributed by atoms with E-state index in [-0.39, 0.29) is 24.1 Å². The third kappa shape index (κ3) is 2.47. The van der Waals surface area contributed by atoms with E-state index in [0.29, 0.717) is 12.5 Å². The van der Waals surface area contributed by atoms with Gasteiger partial charge in [-0.2, -0.15) is 0 Å². The fraction of sp³-hybridized carbons (Fsp3) is 0.750. The molecule has 2 heterocycles. The van der Waals surface area contributed by atoms with Crippen molar-refractivity contribution in [2.75, 3.05) is 6.54 Å². The maximum Gasteiger partial charge on any atom is 0.353 e. The molecule has 18 heavy (non-hydrogen) atoms. The van der Waals surface area contributed by atoms with Gasteiger partial charge in [0.1, 0.15) is 0 Å². The number of nitrogens with zero attached hydrogens (tertiary/aromatic N) is 2. The minimum atomic E-state index is -1.12. The van der Waals surface area contributed by atoms with Gasteiger partial charge in [-0.15, -0.1) is 0 Å². The maximum atomic E-state index is 12.2. The molecule has 6 nitrogen and oxygen atoms in total. The van der Waals surface area contributed by atoms with Crippen molar-refractivity contribution < 1.29 is 19.5 Å². The van der Waals surface area contributed by atoms with E-state index in [2.05, 4.69) is 12.1 Å². The van der Waals surface area contributed by atoms with Crippen LogP contribution in [0.4, 0.5) is 0 Å². The molecule has 1 amide bonds. The van der Waals surface area contributed by atoms with Gasteiger partial charge in [-0.25, -0.2) is 4.79 Å². The van der Waals surface area contributed by atoms with Crippen molar-refractivity contribution in [3.05, 3.63) is 0 Å². The van der Waals surface area contributed by atoms with E-state index in [1.165, 1.54) is 0 Å². The van der Waals surface area contributed by atoms with Crippen molar-refractivity contribution in [3.8, 4) is 0 Å². The second-order valence-corrected chi connectivity index (χ2v) is 5.15. The smallest absolute Gasteiger partial charge is 0.353 e. The quantitative estimate of drug-likeness (QED) is 0.792. The summed E-state index contributed by atoms with van der Waals surface area (Å²) < 4.78 is 0. The van der Waals surface area contributed by atoms with Gasteiger partial charge in [-0.1, -0.05) is 12.1 Å². The first-order valence-corrected chi connectivity index (χ1v) is 6.25. The summed E-state index contributed by atoms with van der Waals surface area (Å²) in [6, 6.07) is 0.179. The van der Waals surface area contributed by atoms with Crippen LogP contribution in [0.1, 0.15) is 33.1 Å². The van der Waals surface area contributed by atoms with E-state index in [4.69, 9.17) is 9.94 Å². The summed E-state index contributed by atoms with van der Waals surface area (Å²) in [5.74, 6) is -0.639. The van der Waals surface area contributed by atoms with Gasteiger partial charge in [-0.05, 0) is 25.7 Å². The average molecular weight is 254 g/mol. The molecule has 0 saturated carbocycles. The Labute approximate surface area is 106 Å². The molecular formula is C12H18N2O4. The number of carbonyl (C=O) groups excluding carboxylic acids is 1. The molecule has 3 atom stereocenters. The molecule has 0 aromatic rings. The van der Waals surface area contributed by atoms with E-state index in [0.717, 1.165) is 12.8 Å². The van der Waals surface area contributed by atoms with E-state index < -0.39 is 12.1 Å². The Balaban J connectivity index is 1.95. The second kappa shape index (κ2) is 4.96. The summed E-state index contributed by atoms with van der Waals surface area (Å²) in [5.41, 5.74) is -0.0774. The highest BCUT2D eigenvalue weighted by atomic mass is 16.6. The van der Waals surface area contributed by atoms with Crippen LogP contribution in [0, 0.1) is 5.92 Å². The Kier molecular flexibility index (Phi) is 3.54. The van der Waals surface area contributed by atoms with Crippen LogP contribution in [0.25, 0.3) is 0 Å². The summed E-state index contributed by atoms with van der Waals surface area (Å²) in [6.45, 7) is 4.90. The van der Waals surface area contributed by atoms with Crippen LogP contribution >= 0.6 is 0 Å². The number of rotatable bonds is 2. The number of carboxylic acids is 1. The van der Waals surface area contributed by atoms with Gasteiger partial charge in [0.25, 0.3) is 5.91 Å². The largest absolute Gasteiger partial charge is 0.477 e. The highest BCUT2D eigenvalue weighted by molar-refractivity contribution is 6.36. The second-order valence-electron chi connectivity index (χ2n) is 5.15. The Morgan fingerprint density at radius 2 is 2.17 bits per heavy atom. The molecule has 0 spiro atoms. The van der Waals surface area contributed by atoms with Crippen molar-refractivity contribution in [1.82, 2.24) is 4.90 Å². The van der Waals surface area contributed by atoms with E-state index in [9.17, 15) is 9.59 Å². The number of hydrogen-bond donors (Lipinski definition) is 1. The number of likely N-dealkylation sites (tertiary alicyclic amines) is 1. The molecule has 0 aliphatic carbocycles. The Morgan fingerprint density at radius 3 is 2.72 bits per heavy atom. The van der Waals surface area contributed by atoms with Gasteiger partial charge in [-0.3, -0.25) is 4.79 Å². The lowest BCUT2D eigenvalue weighted by Crippen LogP contribution is -2.48. The fourth-order valence-electron chi connectivity index (χ4n) is 2.56. The van der Waals surface area contributed by atoms with Crippen LogP contribution in [0.15, 0.2) is 5.16 Å². The van der Waals surface area contributed by atoms with Crippen LogP contribution in [0.5, 0.6) is 0 Å². The molecule has 2 aliphatic rings. The number of aliphatic carboxylic acids is 1. The third-order valence-electron chi connectivity index (χ3n) is 3.61. The number of carbonyl (C=O) groups is 2.